The largest absolute Gasteiger partial charge is 0.497 e. The van der Waals surface area contributed by atoms with Gasteiger partial charge in [-0.25, -0.2) is 0 Å². The van der Waals surface area contributed by atoms with Crippen molar-refractivity contribution in [2.75, 3.05) is 19.0 Å². The first-order valence-corrected chi connectivity index (χ1v) is 12.4. The molecule has 3 heterocycles. The number of ether oxygens (including phenoxy) is 2. The molecule has 3 fully saturated rings. The molecule has 8 heteroatoms. The number of fused-ring (bicyclic) bond motifs is 1. The van der Waals surface area contributed by atoms with E-state index < -0.39 is 29.6 Å². The van der Waals surface area contributed by atoms with Gasteiger partial charge >= 0.3 is 0 Å². The van der Waals surface area contributed by atoms with Gasteiger partial charge in [-0.2, -0.15) is 0 Å². The lowest BCUT2D eigenvalue weighted by molar-refractivity contribution is -0.141. The van der Waals surface area contributed by atoms with Gasteiger partial charge in [-0.15, -0.1) is 6.58 Å². The molecule has 4 aliphatic rings. The summed E-state index contributed by atoms with van der Waals surface area (Å²) in [5, 5.41) is 6.12. The molecule has 2 saturated heterocycles. The van der Waals surface area contributed by atoms with Gasteiger partial charge in [-0.1, -0.05) is 44.1 Å². The first kappa shape index (κ1) is 23.6. The number of methoxy groups -OCH3 is 1. The summed E-state index contributed by atoms with van der Waals surface area (Å²) in [6, 6.07) is 6.29. The summed E-state index contributed by atoms with van der Waals surface area (Å²) < 4.78 is 11.6. The van der Waals surface area contributed by atoms with Crippen LogP contribution in [0.15, 0.2) is 49.1 Å². The van der Waals surface area contributed by atoms with Crippen LogP contribution >= 0.6 is 0 Å². The molecular formula is C27H33N3O5. The van der Waals surface area contributed by atoms with Crippen molar-refractivity contribution in [1.82, 2.24) is 10.2 Å². The van der Waals surface area contributed by atoms with Crippen LogP contribution in [0.5, 0.6) is 5.75 Å². The van der Waals surface area contributed by atoms with Gasteiger partial charge in [0.15, 0.2) is 0 Å². The zero-order valence-corrected chi connectivity index (χ0v) is 20.2. The summed E-state index contributed by atoms with van der Waals surface area (Å²) in [4.78, 5) is 42.3. The smallest absolute Gasteiger partial charge is 0.246 e. The Bertz CT molecular complexity index is 1070. The molecule has 0 unspecified atom stereocenters. The predicted molar refractivity (Wildman–Crippen MR) is 131 cm³/mol. The quantitative estimate of drug-likeness (QED) is 0.586. The number of carbonyl (C=O) groups is 3. The monoisotopic (exact) mass is 479 g/mol. The molecule has 8 nitrogen and oxygen atoms in total. The average molecular weight is 480 g/mol. The Labute approximate surface area is 205 Å². The number of nitrogens with one attached hydrogen (secondary N) is 2. The molecular weight excluding hydrogens is 446 g/mol. The maximum absolute atomic E-state index is 13.7. The van der Waals surface area contributed by atoms with E-state index in [2.05, 4.69) is 24.1 Å². The summed E-state index contributed by atoms with van der Waals surface area (Å²) in [6.45, 7) is 6.15. The van der Waals surface area contributed by atoms with Crippen LogP contribution in [0.1, 0.15) is 32.6 Å². The third kappa shape index (κ3) is 3.84. The lowest BCUT2D eigenvalue weighted by Crippen LogP contribution is -2.57. The Balaban J connectivity index is 1.42. The third-order valence-electron chi connectivity index (χ3n) is 8.03. The second kappa shape index (κ2) is 9.15. The predicted octanol–water partition coefficient (Wildman–Crippen LogP) is 2.67. The molecule has 0 aromatic heterocycles. The molecule has 7 atom stereocenters. The normalized spacial score (nSPS) is 35.0. The first-order chi connectivity index (χ1) is 16.9. The van der Waals surface area contributed by atoms with Gasteiger partial charge in [-0.3, -0.25) is 14.4 Å². The first-order valence-electron chi connectivity index (χ1n) is 12.4. The average Bonchev–Trinajstić information content (AvgIpc) is 3.48. The van der Waals surface area contributed by atoms with Crippen molar-refractivity contribution in [2.24, 2.45) is 17.8 Å². The molecule has 186 valence electrons. The van der Waals surface area contributed by atoms with E-state index in [4.69, 9.17) is 9.47 Å². The minimum Gasteiger partial charge on any atom is -0.497 e. The standard InChI is InChI=1S/C27H33N3O5/c1-4-14-30-23(25(32)29-19-11-6-5-8-16(19)2)27-13-12-20(35-27)21(22(27)26(30)33)24(31)28-17-9-7-10-18(15-17)34-3/h4,7,9-10,12-13,15-16,19-23H,1,5-6,8,11,14H2,2-3H3,(H,28,31)(H,29,32)/t16-,19+,20-,21-,22-,23+,27+/m1/s1. The van der Waals surface area contributed by atoms with Crippen molar-refractivity contribution in [3.63, 3.8) is 0 Å². The fourth-order valence-electron chi connectivity index (χ4n) is 6.32. The Morgan fingerprint density at radius 1 is 1.29 bits per heavy atom. The summed E-state index contributed by atoms with van der Waals surface area (Å²) in [6.07, 6.45) is 8.94. The molecule has 1 aliphatic carbocycles. The number of anilines is 1. The Hall–Kier alpha value is -3.13. The highest BCUT2D eigenvalue weighted by molar-refractivity contribution is 6.02. The fraction of sp³-hybridized carbons (Fsp3) is 0.519. The second-order valence-electron chi connectivity index (χ2n) is 10.1. The van der Waals surface area contributed by atoms with Crippen LogP contribution in [0.2, 0.25) is 0 Å². The molecule has 3 amide bonds. The van der Waals surface area contributed by atoms with Gasteiger partial charge in [0.2, 0.25) is 17.7 Å². The van der Waals surface area contributed by atoms with Crippen molar-refractivity contribution in [3.8, 4) is 5.75 Å². The van der Waals surface area contributed by atoms with E-state index in [0.717, 1.165) is 19.3 Å². The highest BCUT2D eigenvalue weighted by Gasteiger charge is 2.72. The fourth-order valence-corrected chi connectivity index (χ4v) is 6.32. The van der Waals surface area contributed by atoms with E-state index in [-0.39, 0.29) is 30.3 Å². The number of rotatable bonds is 7. The Morgan fingerprint density at radius 2 is 2.09 bits per heavy atom. The van der Waals surface area contributed by atoms with E-state index in [1.54, 1.807) is 37.5 Å². The van der Waals surface area contributed by atoms with Gasteiger partial charge < -0.3 is 25.0 Å². The molecule has 1 saturated carbocycles. The van der Waals surface area contributed by atoms with Crippen LogP contribution < -0.4 is 15.4 Å². The minimum absolute atomic E-state index is 0.0714. The van der Waals surface area contributed by atoms with Crippen LogP contribution in [-0.2, 0) is 19.1 Å². The summed E-state index contributed by atoms with van der Waals surface area (Å²) in [5.74, 6) is -1.30. The Kier molecular flexibility index (Phi) is 6.17. The lowest BCUT2D eigenvalue weighted by atomic mass is 9.74. The van der Waals surface area contributed by atoms with Gasteiger partial charge in [0.25, 0.3) is 0 Å². The van der Waals surface area contributed by atoms with Crippen LogP contribution in [0.25, 0.3) is 0 Å². The van der Waals surface area contributed by atoms with Crippen molar-refractivity contribution >= 4 is 23.4 Å². The van der Waals surface area contributed by atoms with Gasteiger partial charge in [0.05, 0.1) is 25.0 Å². The minimum atomic E-state index is -1.16. The van der Waals surface area contributed by atoms with Crippen LogP contribution in [0.3, 0.4) is 0 Å². The molecule has 1 aromatic carbocycles. The lowest BCUT2D eigenvalue weighted by Gasteiger charge is -2.35. The number of likely N-dealkylation sites (tertiary alicyclic amines) is 1. The zero-order valence-electron chi connectivity index (χ0n) is 20.2. The highest BCUT2D eigenvalue weighted by atomic mass is 16.5. The van der Waals surface area contributed by atoms with Crippen molar-refractivity contribution < 1.29 is 23.9 Å². The van der Waals surface area contributed by atoms with Crippen molar-refractivity contribution in [2.45, 2.75) is 56.4 Å². The Morgan fingerprint density at radius 3 is 2.83 bits per heavy atom. The van der Waals surface area contributed by atoms with E-state index in [0.29, 0.717) is 17.4 Å². The van der Waals surface area contributed by atoms with Gasteiger partial charge in [0.1, 0.15) is 17.4 Å². The summed E-state index contributed by atoms with van der Waals surface area (Å²) in [5.41, 5.74) is -0.590. The molecule has 35 heavy (non-hydrogen) atoms. The number of hydrogen-bond acceptors (Lipinski definition) is 5. The highest BCUT2D eigenvalue weighted by Crippen LogP contribution is 2.55. The van der Waals surface area contributed by atoms with E-state index >= 15 is 0 Å². The number of carbonyl (C=O) groups excluding carboxylic acids is 3. The number of benzene rings is 1. The third-order valence-corrected chi connectivity index (χ3v) is 8.03. The van der Waals surface area contributed by atoms with E-state index in [1.165, 1.54) is 11.3 Å². The van der Waals surface area contributed by atoms with Crippen LogP contribution in [0.4, 0.5) is 5.69 Å². The molecule has 1 spiro atoms. The SMILES string of the molecule is C=CCN1C(=O)[C@H]2[C@H](C(=O)Nc3cccc(OC)c3)[C@H]3C=C[C@@]2(O3)[C@@H]1C(=O)N[C@H]1CCCC[C@H]1C. The maximum Gasteiger partial charge on any atom is 0.246 e. The van der Waals surface area contributed by atoms with Gasteiger partial charge in [-0.05, 0) is 30.9 Å². The summed E-state index contributed by atoms with van der Waals surface area (Å²) in [7, 11) is 1.56. The number of hydrogen-bond donors (Lipinski definition) is 2. The molecule has 0 radical (unpaired) electrons. The molecule has 2 N–H and O–H groups in total. The van der Waals surface area contributed by atoms with Crippen LogP contribution in [-0.4, -0.2) is 60.1 Å². The zero-order chi connectivity index (χ0) is 24.7. The summed E-state index contributed by atoms with van der Waals surface area (Å²) >= 11 is 0. The van der Waals surface area contributed by atoms with Crippen molar-refractivity contribution in [3.05, 3.63) is 49.1 Å². The van der Waals surface area contributed by atoms with Gasteiger partial charge in [0, 0.05) is 24.3 Å². The van der Waals surface area contributed by atoms with E-state index in [9.17, 15) is 14.4 Å². The molecule has 5 rings (SSSR count). The molecule has 2 bridgehead atoms. The van der Waals surface area contributed by atoms with Crippen LogP contribution in [0, 0.1) is 17.8 Å². The topological polar surface area (TPSA) is 97.0 Å². The second-order valence-corrected chi connectivity index (χ2v) is 10.1. The molecule has 3 aliphatic heterocycles. The van der Waals surface area contributed by atoms with E-state index in [1.807, 2.05) is 12.2 Å². The van der Waals surface area contributed by atoms with Crippen molar-refractivity contribution in [1.29, 1.82) is 0 Å². The number of amides is 3. The maximum atomic E-state index is 13.7. The number of nitrogens with zero attached hydrogens (tertiary/aromatic N) is 1. The molecule has 1 aromatic rings.